The lowest BCUT2D eigenvalue weighted by molar-refractivity contribution is -0.141. The van der Waals surface area contributed by atoms with Crippen LogP contribution in [0.3, 0.4) is 0 Å². The monoisotopic (exact) mass is 289 g/mol. The number of carbonyl (C=O) groups excluding carboxylic acids is 2. The van der Waals surface area contributed by atoms with Crippen molar-refractivity contribution in [1.82, 2.24) is 10.2 Å². The van der Waals surface area contributed by atoms with E-state index >= 15 is 0 Å². The van der Waals surface area contributed by atoms with Crippen LogP contribution >= 0.6 is 0 Å². The molecule has 3 rings (SSSR count). The SMILES string of the molecule is CC(C)NC1(C#N)CCCC1CCN1C(=O)C2CC2C1=O. The predicted molar refractivity (Wildman–Crippen MR) is 76.9 cm³/mol. The van der Waals surface area contributed by atoms with Crippen LogP contribution in [0.15, 0.2) is 0 Å². The Morgan fingerprint density at radius 3 is 2.62 bits per heavy atom. The van der Waals surface area contributed by atoms with Crippen LogP contribution in [0.1, 0.15) is 46.0 Å². The molecule has 0 bridgehead atoms. The lowest BCUT2D eigenvalue weighted by Gasteiger charge is -2.33. The maximum Gasteiger partial charge on any atom is 0.233 e. The molecule has 1 saturated heterocycles. The molecule has 0 aromatic rings. The first kappa shape index (κ1) is 14.5. The molecule has 3 fully saturated rings. The topological polar surface area (TPSA) is 73.2 Å². The van der Waals surface area contributed by atoms with Crippen molar-refractivity contribution in [2.24, 2.45) is 17.8 Å². The molecule has 114 valence electrons. The molecule has 0 aromatic heterocycles. The van der Waals surface area contributed by atoms with Crippen LogP contribution in [0.4, 0.5) is 0 Å². The average Bonchev–Trinajstić information content (AvgIpc) is 3.09. The summed E-state index contributed by atoms with van der Waals surface area (Å²) in [5.41, 5.74) is -0.483. The molecule has 2 amide bonds. The molecule has 3 aliphatic rings. The molecule has 0 spiro atoms. The lowest BCUT2D eigenvalue weighted by Crippen LogP contribution is -2.51. The molecule has 2 aliphatic carbocycles. The average molecular weight is 289 g/mol. The fourth-order valence-corrected chi connectivity index (χ4v) is 4.11. The van der Waals surface area contributed by atoms with Crippen LogP contribution in [0.25, 0.3) is 0 Å². The summed E-state index contributed by atoms with van der Waals surface area (Å²) in [5, 5.41) is 13.0. The van der Waals surface area contributed by atoms with E-state index in [2.05, 4.69) is 25.2 Å². The highest BCUT2D eigenvalue weighted by atomic mass is 16.2. The number of carbonyl (C=O) groups is 2. The van der Waals surface area contributed by atoms with Gasteiger partial charge in [-0.05, 0) is 45.4 Å². The number of piperidine rings is 1. The number of hydrogen-bond acceptors (Lipinski definition) is 4. The first-order valence-electron chi connectivity index (χ1n) is 8.02. The van der Waals surface area contributed by atoms with Crippen LogP contribution in [0, 0.1) is 29.1 Å². The summed E-state index contributed by atoms with van der Waals surface area (Å²) in [6, 6.07) is 2.73. The van der Waals surface area contributed by atoms with E-state index in [1.54, 1.807) is 0 Å². The van der Waals surface area contributed by atoms with E-state index in [1.165, 1.54) is 4.90 Å². The molecule has 1 heterocycles. The van der Waals surface area contributed by atoms with Crippen LogP contribution in [0.2, 0.25) is 0 Å². The molecule has 4 atom stereocenters. The molecule has 2 saturated carbocycles. The van der Waals surface area contributed by atoms with Gasteiger partial charge in [0.2, 0.25) is 11.8 Å². The van der Waals surface area contributed by atoms with Gasteiger partial charge in [0.15, 0.2) is 0 Å². The van der Waals surface area contributed by atoms with Crippen molar-refractivity contribution >= 4 is 11.8 Å². The first-order chi connectivity index (χ1) is 9.98. The second-order valence-electron chi connectivity index (χ2n) is 7.04. The number of nitriles is 1. The molecule has 5 nitrogen and oxygen atoms in total. The zero-order valence-corrected chi connectivity index (χ0v) is 12.8. The molecule has 0 aromatic carbocycles. The highest BCUT2D eigenvalue weighted by molar-refractivity contribution is 6.08. The van der Waals surface area contributed by atoms with E-state index in [1.807, 2.05) is 0 Å². The number of rotatable bonds is 5. The van der Waals surface area contributed by atoms with E-state index in [-0.39, 0.29) is 35.6 Å². The van der Waals surface area contributed by atoms with Crippen LogP contribution in [-0.2, 0) is 9.59 Å². The Morgan fingerprint density at radius 2 is 2.05 bits per heavy atom. The molecule has 1 aliphatic heterocycles. The third kappa shape index (κ3) is 2.36. The smallest absolute Gasteiger partial charge is 0.233 e. The molecule has 0 radical (unpaired) electrons. The highest BCUT2D eigenvalue weighted by Gasteiger charge is 2.58. The van der Waals surface area contributed by atoms with Crippen molar-refractivity contribution in [3.05, 3.63) is 0 Å². The van der Waals surface area contributed by atoms with E-state index in [4.69, 9.17) is 0 Å². The Kier molecular flexibility index (Phi) is 3.53. The van der Waals surface area contributed by atoms with Crippen molar-refractivity contribution in [3.8, 4) is 6.07 Å². The van der Waals surface area contributed by atoms with Crippen LogP contribution in [-0.4, -0.2) is 34.8 Å². The van der Waals surface area contributed by atoms with Gasteiger partial charge >= 0.3 is 0 Å². The molecule has 5 heteroatoms. The van der Waals surface area contributed by atoms with Crippen molar-refractivity contribution in [2.75, 3.05) is 6.54 Å². The van der Waals surface area contributed by atoms with Crippen molar-refractivity contribution < 1.29 is 9.59 Å². The van der Waals surface area contributed by atoms with E-state index < -0.39 is 5.54 Å². The summed E-state index contributed by atoms with van der Waals surface area (Å²) in [5.74, 6) is 0.221. The summed E-state index contributed by atoms with van der Waals surface area (Å²) in [4.78, 5) is 25.4. The van der Waals surface area contributed by atoms with Crippen LogP contribution in [0.5, 0.6) is 0 Å². The molecule has 21 heavy (non-hydrogen) atoms. The molecule has 4 unspecified atom stereocenters. The maximum absolute atomic E-state index is 12.0. The van der Waals surface area contributed by atoms with Gasteiger partial charge in [0.25, 0.3) is 0 Å². The van der Waals surface area contributed by atoms with E-state index in [9.17, 15) is 14.9 Å². The summed E-state index contributed by atoms with van der Waals surface area (Å²) in [6.45, 7) is 4.59. The number of amides is 2. The van der Waals surface area contributed by atoms with Crippen LogP contribution < -0.4 is 5.32 Å². The Balaban J connectivity index is 1.63. The Labute approximate surface area is 125 Å². The second kappa shape index (κ2) is 5.10. The lowest BCUT2D eigenvalue weighted by atomic mass is 9.85. The van der Waals surface area contributed by atoms with Gasteiger partial charge < -0.3 is 0 Å². The number of nitrogens with zero attached hydrogens (tertiary/aromatic N) is 2. The quantitative estimate of drug-likeness (QED) is 0.777. The maximum atomic E-state index is 12.0. The molecule has 1 N–H and O–H groups in total. The normalized spacial score (nSPS) is 38.0. The fourth-order valence-electron chi connectivity index (χ4n) is 4.11. The minimum Gasteiger partial charge on any atom is -0.297 e. The minimum absolute atomic E-state index is 0.0161. The van der Waals surface area contributed by atoms with E-state index in [0.717, 1.165) is 32.1 Å². The zero-order chi connectivity index (χ0) is 15.2. The fraction of sp³-hybridized carbons (Fsp3) is 0.812. The predicted octanol–water partition coefficient (Wildman–Crippen LogP) is 1.44. The van der Waals surface area contributed by atoms with E-state index in [0.29, 0.717) is 6.54 Å². The summed E-state index contributed by atoms with van der Waals surface area (Å²) >= 11 is 0. The number of imide groups is 1. The largest absolute Gasteiger partial charge is 0.297 e. The van der Waals surface area contributed by atoms with Gasteiger partial charge in [-0.15, -0.1) is 0 Å². The number of fused-ring (bicyclic) bond motifs is 1. The summed E-state index contributed by atoms with van der Waals surface area (Å²) < 4.78 is 0. The third-order valence-electron chi connectivity index (χ3n) is 5.22. The summed E-state index contributed by atoms with van der Waals surface area (Å²) in [6.07, 6.45) is 4.39. The second-order valence-corrected chi connectivity index (χ2v) is 7.04. The Morgan fingerprint density at radius 1 is 1.38 bits per heavy atom. The number of nitrogens with one attached hydrogen (secondary N) is 1. The molecular formula is C16H23N3O2. The van der Waals surface area contributed by atoms with Gasteiger partial charge in [-0.25, -0.2) is 0 Å². The van der Waals surface area contributed by atoms with Gasteiger partial charge in [-0.1, -0.05) is 6.42 Å². The van der Waals surface area contributed by atoms with Crippen molar-refractivity contribution in [2.45, 2.75) is 57.5 Å². The number of likely N-dealkylation sites (tertiary alicyclic amines) is 1. The van der Waals surface area contributed by atoms with Gasteiger partial charge in [-0.3, -0.25) is 19.8 Å². The van der Waals surface area contributed by atoms with Gasteiger partial charge in [0.05, 0.1) is 17.9 Å². The van der Waals surface area contributed by atoms with Gasteiger partial charge in [-0.2, -0.15) is 5.26 Å². The summed E-state index contributed by atoms with van der Waals surface area (Å²) in [7, 11) is 0. The zero-order valence-electron chi connectivity index (χ0n) is 12.8. The van der Waals surface area contributed by atoms with Crippen molar-refractivity contribution in [3.63, 3.8) is 0 Å². The third-order valence-corrected chi connectivity index (χ3v) is 5.22. The first-order valence-corrected chi connectivity index (χ1v) is 8.02. The Bertz CT molecular complexity index is 490. The van der Waals surface area contributed by atoms with Gasteiger partial charge in [0, 0.05) is 12.6 Å². The molecular weight excluding hydrogens is 266 g/mol. The standard InChI is InChI=1S/C16H23N3O2/c1-10(2)18-16(9-17)6-3-4-11(16)5-7-19-14(20)12-8-13(12)15(19)21/h10-13,18H,3-8H2,1-2H3. The minimum atomic E-state index is -0.483. The highest BCUT2D eigenvalue weighted by Crippen LogP contribution is 2.47. The number of hydrogen-bond donors (Lipinski definition) is 1. The Hall–Kier alpha value is -1.41. The van der Waals surface area contributed by atoms with Crippen molar-refractivity contribution in [1.29, 1.82) is 5.26 Å². The van der Waals surface area contributed by atoms with Gasteiger partial charge in [0.1, 0.15) is 5.54 Å².